The van der Waals surface area contributed by atoms with Gasteiger partial charge in [0.25, 0.3) is 0 Å². The van der Waals surface area contributed by atoms with Gasteiger partial charge in [0.2, 0.25) is 0 Å². The zero-order valence-corrected chi connectivity index (χ0v) is 27.8. The van der Waals surface area contributed by atoms with Gasteiger partial charge in [-0.25, -0.2) is 4.79 Å². The highest BCUT2D eigenvalue weighted by atomic mass is 28.4. The monoisotopic (exact) mass is 541 g/mol. The first-order valence-corrected chi connectivity index (χ1v) is 18.9. The van der Waals surface area contributed by atoms with Crippen LogP contribution >= 0.6 is 0 Å². The zero-order chi connectivity index (χ0) is 28.8. The number of rotatable bonds is 12. The summed E-state index contributed by atoms with van der Waals surface area (Å²) in [4.78, 5) is 27.5. The number of amides is 1. The van der Waals surface area contributed by atoms with Crippen molar-refractivity contribution in [2.45, 2.75) is 124 Å². The molecule has 0 heterocycles. The van der Waals surface area contributed by atoms with E-state index < -0.39 is 34.4 Å². The average Bonchev–Trinajstić information content (AvgIpc) is 2.63. The first kappa shape index (κ1) is 34.8. The Morgan fingerprint density at radius 2 is 1.36 bits per heavy atom. The molecule has 0 N–H and O–H groups in total. The molecule has 0 unspecified atom stereocenters. The quantitative estimate of drug-likeness (QED) is 0.144. The zero-order valence-electron chi connectivity index (χ0n) is 25.8. The molecule has 1 atom stereocenters. The van der Waals surface area contributed by atoms with Crippen molar-refractivity contribution in [1.82, 2.24) is 4.90 Å². The number of hydrogen-bond donors (Lipinski definition) is 0. The molecule has 0 spiro atoms. The molecule has 0 aromatic carbocycles. The molecule has 8 heteroatoms. The van der Waals surface area contributed by atoms with E-state index in [0.29, 0.717) is 13.0 Å². The van der Waals surface area contributed by atoms with E-state index in [1.165, 1.54) is 11.0 Å². The van der Waals surface area contributed by atoms with Crippen molar-refractivity contribution in [2.75, 3.05) is 19.8 Å². The normalized spacial score (nSPS) is 14.6. The predicted molar refractivity (Wildman–Crippen MR) is 157 cm³/mol. The van der Waals surface area contributed by atoms with E-state index in [4.69, 9.17) is 13.6 Å². The largest absolute Gasteiger partial charge is 0.444 e. The number of allylic oxidation sites excluding steroid dienone is 1. The summed E-state index contributed by atoms with van der Waals surface area (Å²) in [7, 11) is -4.06. The van der Waals surface area contributed by atoms with Crippen LogP contribution in [0, 0.1) is 0 Å². The molecule has 0 saturated carbocycles. The van der Waals surface area contributed by atoms with E-state index in [1.807, 2.05) is 20.8 Å². The van der Waals surface area contributed by atoms with Gasteiger partial charge in [0.15, 0.2) is 22.4 Å². The molecule has 0 bridgehead atoms. The highest BCUT2D eigenvalue weighted by Gasteiger charge is 2.40. The molecular weight excluding hydrogens is 486 g/mol. The van der Waals surface area contributed by atoms with Gasteiger partial charge in [0.1, 0.15) is 5.60 Å². The highest BCUT2D eigenvalue weighted by Crippen LogP contribution is 2.38. The SMILES string of the molecule is C=C(CCO[Si](C)(C)C(C)(C)C)[C@@H](CO[Si](C)(C)C(C)(C)C)N(CC(=O)C=CC)C(=O)OC(C)(C)C. The summed E-state index contributed by atoms with van der Waals surface area (Å²) in [6.45, 7) is 34.2. The lowest BCUT2D eigenvalue weighted by atomic mass is 10.0. The van der Waals surface area contributed by atoms with Crippen molar-refractivity contribution >= 4 is 28.5 Å². The average molecular weight is 542 g/mol. The van der Waals surface area contributed by atoms with Gasteiger partial charge < -0.3 is 13.6 Å². The van der Waals surface area contributed by atoms with Gasteiger partial charge in [-0.05, 0) is 76.5 Å². The van der Waals surface area contributed by atoms with Crippen LogP contribution < -0.4 is 0 Å². The highest BCUT2D eigenvalue weighted by molar-refractivity contribution is 6.74. The van der Waals surface area contributed by atoms with E-state index in [-0.39, 0.29) is 29.0 Å². The lowest BCUT2D eigenvalue weighted by molar-refractivity contribution is -0.116. The molecule has 6 nitrogen and oxygen atoms in total. The van der Waals surface area contributed by atoms with E-state index in [9.17, 15) is 9.59 Å². The number of hydrogen-bond acceptors (Lipinski definition) is 5. The molecule has 0 fully saturated rings. The van der Waals surface area contributed by atoms with E-state index >= 15 is 0 Å². The van der Waals surface area contributed by atoms with Crippen molar-refractivity contribution in [3.63, 3.8) is 0 Å². The van der Waals surface area contributed by atoms with Crippen LogP contribution in [0.15, 0.2) is 24.3 Å². The molecule has 0 rings (SSSR count). The third kappa shape index (κ3) is 11.4. The predicted octanol–water partition coefficient (Wildman–Crippen LogP) is 7.73. The van der Waals surface area contributed by atoms with Gasteiger partial charge in [-0.15, -0.1) is 0 Å². The van der Waals surface area contributed by atoms with Crippen LogP contribution in [0.25, 0.3) is 0 Å². The number of nitrogens with zero attached hydrogens (tertiary/aromatic N) is 1. The Hall–Kier alpha value is -1.23. The molecule has 0 aromatic heterocycles. The third-order valence-electron chi connectivity index (χ3n) is 7.25. The van der Waals surface area contributed by atoms with E-state index in [2.05, 4.69) is 74.3 Å². The maximum absolute atomic E-state index is 13.3. The minimum absolute atomic E-state index is 0.00183. The Morgan fingerprint density at radius 1 is 0.889 bits per heavy atom. The van der Waals surface area contributed by atoms with Crippen molar-refractivity contribution < 1.29 is 23.2 Å². The summed E-state index contributed by atoms with van der Waals surface area (Å²) >= 11 is 0. The maximum atomic E-state index is 13.3. The standard InChI is InChI=1S/C28H55NO5Si2/c1-16-17-23(30)20-29(25(31)34-26(3,4)5)24(21-33-36(14,15)28(9,10)11)22(2)18-19-32-35(12,13)27(6,7)8/h16-17,24H,2,18-21H2,1,3-15H3/t24-/m1/s1. The van der Waals surface area contributed by atoms with Crippen LogP contribution in [0.1, 0.15) is 75.7 Å². The maximum Gasteiger partial charge on any atom is 0.411 e. The number of ketones is 1. The van der Waals surface area contributed by atoms with Gasteiger partial charge in [0, 0.05) is 6.61 Å². The molecule has 0 aliphatic rings. The molecule has 0 aromatic rings. The summed E-state index contributed by atoms with van der Waals surface area (Å²) in [6.07, 6.45) is 3.18. The lowest BCUT2D eigenvalue weighted by Gasteiger charge is -2.40. The molecule has 1 amide bonds. The number of carbonyl (C=O) groups excluding carboxylic acids is 2. The lowest BCUT2D eigenvalue weighted by Crippen LogP contribution is -2.51. The van der Waals surface area contributed by atoms with Crippen molar-refractivity contribution in [3.05, 3.63) is 24.3 Å². The smallest absolute Gasteiger partial charge is 0.411 e. The van der Waals surface area contributed by atoms with Gasteiger partial charge >= 0.3 is 6.09 Å². The van der Waals surface area contributed by atoms with Crippen LogP contribution in [-0.2, 0) is 18.4 Å². The molecule has 0 aliphatic carbocycles. The summed E-state index contributed by atoms with van der Waals surface area (Å²) in [6, 6.07) is -0.508. The van der Waals surface area contributed by atoms with Gasteiger partial charge in [-0.1, -0.05) is 59.8 Å². The minimum Gasteiger partial charge on any atom is -0.444 e. The minimum atomic E-state index is -2.13. The van der Waals surface area contributed by atoms with E-state index in [0.717, 1.165) is 5.57 Å². The molecule has 0 aliphatic heterocycles. The van der Waals surface area contributed by atoms with Crippen LogP contribution in [-0.4, -0.2) is 64.8 Å². The van der Waals surface area contributed by atoms with Crippen LogP contribution in [0.5, 0.6) is 0 Å². The summed E-state index contributed by atoms with van der Waals surface area (Å²) in [5.74, 6) is -0.175. The first-order chi connectivity index (χ1) is 15.9. The Kier molecular flexibility index (Phi) is 12.6. The summed E-state index contributed by atoms with van der Waals surface area (Å²) in [5.41, 5.74) is 0.0999. The Labute approximate surface area is 224 Å². The topological polar surface area (TPSA) is 65.1 Å². The van der Waals surface area contributed by atoms with Gasteiger partial charge in [-0.2, -0.15) is 0 Å². The number of ether oxygens (including phenoxy) is 1. The van der Waals surface area contributed by atoms with Crippen LogP contribution in [0.3, 0.4) is 0 Å². The first-order valence-electron chi connectivity index (χ1n) is 13.1. The van der Waals surface area contributed by atoms with Gasteiger partial charge in [0.05, 0.1) is 19.2 Å². The second-order valence-corrected chi connectivity index (χ2v) is 23.3. The third-order valence-corrected chi connectivity index (χ3v) is 16.3. The van der Waals surface area contributed by atoms with Crippen molar-refractivity contribution in [1.29, 1.82) is 0 Å². The van der Waals surface area contributed by atoms with Crippen molar-refractivity contribution in [3.8, 4) is 0 Å². The Morgan fingerprint density at radius 3 is 1.78 bits per heavy atom. The molecule has 210 valence electrons. The Balaban J connectivity index is 6.11. The fourth-order valence-corrected chi connectivity index (χ4v) is 4.83. The van der Waals surface area contributed by atoms with Gasteiger partial charge in [-0.3, -0.25) is 9.69 Å². The van der Waals surface area contributed by atoms with Crippen LogP contribution in [0.2, 0.25) is 36.3 Å². The van der Waals surface area contributed by atoms with Crippen LogP contribution in [0.4, 0.5) is 4.79 Å². The second kappa shape index (κ2) is 13.0. The number of carbonyl (C=O) groups is 2. The second-order valence-electron chi connectivity index (χ2n) is 13.7. The molecule has 0 radical (unpaired) electrons. The fourth-order valence-electron chi connectivity index (χ4n) is 2.78. The molecule has 36 heavy (non-hydrogen) atoms. The Bertz CT molecular complexity index is 783. The van der Waals surface area contributed by atoms with Crippen molar-refractivity contribution in [2.24, 2.45) is 0 Å². The summed E-state index contributed by atoms with van der Waals surface area (Å²) in [5, 5.41) is 0.0997. The van der Waals surface area contributed by atoms with E-state index in [1.54, 1.807) is 13.0 Å². The fraction of sp³-hybridized carbons (Fsp3) is 0.786. The summed E-state index contributed by atoms with van der Waals surface area (Å²) < 4.78 is 18.7. The molecule has 0 saturated heterocycles. The molecular formula is C28H55NO5Si2.